The smallest absolute Gasteiger partial charge is 0.352 e. The van der Waals surface area contributed by atoms with Crippen LogP contribution < -0.4 is 5.32 Å². The number of thioether (sulfide) groups is 1. The summed E-state index contributed by atoms with van der Waals surface area (Å²) in [6, 6.07) is 8.51. The van der Waals surface area contributed by atoms with Crippen LogP contribution in [0.25, 0.3) is 5.69 Å². The molecule has 172 valence electrons. The quantitative estimate of drug-likeness (QED) is 0.479. The molecule has 1 saturated heterocycles. The fraction of sp³-hybridized carbons (Fsp3) is 0.318. The lowest BCUT2D eigenvalue weighted by Gasteiger charge is -2.49. The van der Waals surface area contributed by atoms with E-state index >= 15 is 0 Å². The van der Waals surface area contributed by atoms with Gasteiger partial charge in [0.1, 0.15) is 23.7 Å². The minimum Gasteiger partial charge on any atom is -0.477 e. The maximum atomic E-state index is 13.1. The number of esters is 1. The first kappa shape index (κ1) is 22.6. The number of aliphatic carboxylic acids is 1. The lowest BCUT2D eigenvalue weighted by molar-refractivity contribution is -0.149. The number of carboxylic acid groups (broad SMARTS) is 1. The summed E-state index contributed by atoms with van der Waals surface area (Å²) in [6.07, 6.45) is 0. The van der Waals surface area contributed by atoms with E-state index < -0.39 is 35.2 Å². The number of ether oxygens (including phenoxy) is 1. The molecule has 33 heavy (non-hydrogen) atoms. The summed E-state index contributed by atoms with van der Waals surface area (Å²) in [7, 11) is 0. The standard InChI is InChI=1S/C22H22N4O6S/c1-11-16(12(2)26(24-11)15-7-5-4-6-8-15)19(28)23-17-20(29)25-18(22(30)31)14(9-32-13(3)27)10-33-21(17)25/h4-8,17,21H,9-10H2,1-3H3,(H,23,28)(H,30,31). The molecular formula is C22H22N4O6S. The van der Waals surface area contributed by atoms with Crippen LogP contribution in [0.15, 0.2) is 41.6 Å². The van der Waals surface area contributed by atoms with Gasteiger partial charge in [0.2, 0.25) is 0 Å². The average Bonchev–Trinajstić information content (AvgIpc) is 3.09. The lowest BCUT2D eigenvalue weighted by atomic mass is 10.0. The average molecular weight is 471 g/mol. The van der Waals surface area contributed by atoms with Gasteiger partial charge in [0, 0.05) is 18.2 Å². The number of fused-ring (bicyclic) bond motifs is 1. The van der Waals surface area contributed by atoms with E-state index in [-0.39, 0.29) is 18.1 Å². The van der Waals surface area contributed by atoms with E-state index in [9.17, 15) is 24.3 Å². The number of aryl methyl sites for hydroxylation is 1. The third-order valence-corrected chi connectivity index (χ3v) is 6.84. The summed E-state index contributed by atoms with van der Waals surface area (Å²) in [5.74, 6) is -2.53. The first-order valence-corrected chi connectivity index (χ1v) is 11.2. The Morgan fingerprint density at radius 3 is 2.58 bits per heavy atom. The highest BCUT2D eigenvalue weighted by Gasteiger charge is 2.54. The molecule has 0 radical (unpaired) electrons. The van der Waals surface area contributed by atoms with Crippen LogP contribution in [0, 0.1) is 13.8 Å². The molecule has 0 saturated carbocycles. The number of aromatic nitrogens is 2. The molecule has 2 N–H and O–H groups in total. The van der Waals surface area contributed by atoms with Gasteiger partial charge in [-0.3, -0.25) is 19.3 Å². The molecule has 10 nitrogen and oxygen atoms in total. The predicted molar refractivity (Wildman–Crippen MR) is 119 cm³/mol. The van der Waals surface area contributed by atoms with Gasteiger partial charge in [0.25, 0.3) is 11.8 Å². The number of para-hydroxylation sites is 1. The number of carbonyl (C=O) groups is 4. The van der Waals surface area contributed by atoms with Crippen molar-refractivity contribution in [2.24, 2.45) is 0 Å². The third kappa shape index (κ3) is 3.99. The van der Waals surface area contributed by atoms with Crippen molar-refractivity contribution in [1.82, 2.24) is 20.0 Å². The topological polar surface area (TPSA) is 131 Å². The predicted octanol–water partition coefficient (Wildman–Crippen LogP) is 1.40. The number of carbonyl (C=O) groups excluding carboxylic acids is 3. The van der Waals surface area contributed by atoms with Crippen LogP contribution >= 0.6 is 11.8 Å². The Labute approximate surface area is 193 Å². The van der Waals surface area contributed by atoms with E-state index in [2.05, 4.69) is 10.4 Å². The summed E-state index contributed by atoms with van der Waals surface area (Å²) in [4.78, 5) is 50.0. The number of hydrogen-bond donors (Lipinski definition) is 2. The van der Waals surface area contributed by atoms with E-state index in [0.29, 0.717) is 22.5 Å². The molecule has 2 aliphatic heterocycles. The second-order valence-electron chi connectivity index (χ2n) is 7.69. The van der Waals surface area contributed by atoms with E-state index in [0.717, 1.165) is 10.6 Å². The zero-order chi connectivity index (χ0) is 23.9. The van der Waals surface area contributed by atoms with Crippen molar-refractivity contribution < 1.29 is 29.0 Å². The monoisotopic (exact) mass is 470 g/mol. The van der Waals surface area contributed by atoms with Gasteiger partial charge >= 0.3 is 11.9 Å². The number of hydrogen-bond acceptors (Lipinski definition) is 7. The molecule has 1 fully saturated rings. The molecule has 1 aromatic carbocycles. The van der Waals surface area contributed by atoms with Gasteiger partial charge in [0.05, 0.1) is 22.6 Å². The minimum atomic E-state index is -1.28. The van der Waals surface area contributed by atoms with E-state index in [1.807, 2.05) is 30.3 Å². The van der Waals surface area contributed by atoms with Gasteiger partial charge in [-0.1, -0.05) is 18.2 Å². The Kier molecular flexibility index (Phi) is 5.98. The Morgan fingerprint density at radius 2 is 1.94 bits per heavy atom. The highest BCUT2D eigenvalue weighted by molar-refractivity contribution is 8.00. The fourth-order valence-corrected chi connectivity index (χ4v) is 5.32. The van der Waals surface area contributed by atoms with Gasteiger partial charge in [-0.15, -0.1) is 11.8 Å². The Balaban J connectivity index is 1.54. The number of benzene rings is 1. The number of carboxylic acids is 1. The summed E-state index contributed by atoms with van der Waals surface area (Å²) in [6.45, 7) is 4.52. The molecule has 0 spiro atoms. The van der Waals surface area contributed by atoms with Crippen LogP contribution in [0.4, 0.5) is 0 Å². The molecule has 3 heterocycles. The zero-order valence-electron chi connectivity index (χ0n) is 18.2. The Morgan fingerprint density at radius 1 is 1.24 bits per heavy atom. The van der Waals surface area contributed by atoms with Crippen molar-refractivity contribution in [2.45, 2.75) is 32.2 Å². The molecule has 11 heteroatoms. The number of rotatable bonds is 6. The van der Waals surface area contributed by atoms with Crippen LogP contribution in [-0.4, -0.2) is 67.3 Å². The molecule has 0 bridgehead atoms. The lowest BCUT2D eigenvalue weighted by Crippen LogP contribution is -2.70. The van der Waals surface area contributed by atoms with Crippen LogP contribution in [0.3, 0.4) is 0 Å². The number of nitrogens with one attached hydrogen (secondary N) is 1. The normalized spacial score (nSPS) is 19.6. The first-order chi connectivity index (χ1) is 15.7. The minimum absolute atomic E-state index is 0.195. The second kappa shape index (κ2) is 8.74. The van der Waals surface area contributed by atoms with Crippen molar-refractivity contribution >= 4 is 35.5 Å². The van der Waals surface area contributed by atoms with Crippen molar-refractivity contribution in [3.63, 3.8) is 0 Å². The molecule has 4 rings (SSSR count). The van der Waals surface area contributed by atoms with Gasteiger partial charge in [0.15, 0.2) is 0 Å². The van der Waals surface area contributed by atoms with E-state index in [1.165, 1.54) is 18.7 Å². The second-order valence-corrected chi connectivity index (χ2v) is 8.80. The van der Waals surface area contributed by atoms with Crippen LogP contribution in [0.1, 0.15) is 28.7 Å². The van der Waals surface area contributed by atoms with Crippen molar-refractivity contribution in [3.05, 3.63) is 58.6 Å². The van der Waals surface area contributed by atoms with Crippen LogP contribution in [-0.2, 0) is 19.1 Å². The number of amides is 2. The molecule has 0 aliphatic carbocycles. The Hall–Kier alpha value is -3.60. The van der Waals surface area contributed by atoms with Crippen LogP contribution in [0.2, 0.25) is 0 Å². The van der Waals surface area contributed by atoms with Gasteiger partial charge in [-0.25, -0.2) is 9.48 Å². The molecule has 2 atom stereocenters. The maximum absolute atomic E-state index is 13.1. The van der Waals surface area contributed by atoms with Gasteiger partial charge < -0.3 is 15.2 Å². The summed E-state index contributed by atoms with van der Waals surface area (Å²) < 4.78 is 6.60. The summed E-state index contributed by atoms with van der Waals surface area (Å²) in [5, 5.41) is 16.3. The molecule has 2 aliphatic rings. The zero-order valence-corrected chi connectivity index (χ0v) is 19.0. The van der Waals surface area contributed by atoms with Crippen molar-refractivity contribution in [2.75, 3.05) is 12.4 Å². The summed E-state index contributed by atoms with van der Waals surface area (Å²) >= 11 is 1.31. The number of β-lactam (4-membered cyclic amide) rings is 1. The van der Waals surface area contributed by atoms with Crippen molar-refractivity contribution in [1.29, 1.82) is 0 Å². The van der Waals surface area contributed by atoms with Gasteiger partial charge in [-0.2, -0.15) is 5.10 Å². The van der Waals surface area contributed by atoms with Gasteiger partial charge in [-0.05, 0) is 26.0 Å². The largest absolute Gasteiger partial charge is 0.477 e. The summed E-state index contributed by atoms with van der Waals surface area (Å²) in [5.41, 5.74) is 2.47. The highest BCUT2D eigenvalue weighted by atomic mass is 32.2. The van der Waals surface area contributed by atoms with E-state index in [1.54, 1.807) is 18.5 Å². The molecular weight excluding hydrogens is 448 g/mol. The SMILES string of the molecule is CC(=O)OCC1=C(C(=O)O)N2C(=O)C(NC(=O)c3c(C)nn(-c4ccccc4)c3C)C2SC1. The molecule has 2 unspecified atom stereocenters. The van der Waals surface area contributed by atoms with Crippen molar-refractivity contribution in [3.8, 4) is 5.69 Å². The maximum Gasteiger partial charge on any atom is 0.352 e. The fourth-order valence-electron chi connectivity index (χ4n) is 3.99. The molecule has 1 aromatic heterocycles. The Bertz CT molecular complexity index is 1190. The highest BCUT2D eigenvalue weighted by Crippen LogP contribution is 2.40. The number of nitrogens with zero attached hydrogens (tertiary/aromatic N) is 3. The first-order valence-electron chi connectivity index (χ1n) is 10.2. The molecule has 2 aromatic rings. The molecule has 2 amide bonds. The van der Waals surface area contributed by atoms with E-state index in [4.69, 9.17) is 4.74 Å². The van der Waals surface area contributed by atoms with Crippen LogP contribution in [0.5, 0.6) is 0 Å². The third-order valence-electron chi connectivity index (χ3n) is 5.51.